The van der Waals surface area contributed by atoms with E-state index in [9.17, 15) is 4.79 Å². The Hall–Kier alpha value is -2.09. The second-order valence-electron chi connectivity index (χ2n) is 7.35. The normalized spacial score (nSPS) is 14.9. The van der Waals surface area contributed by atoms with E-state index in [-0.39, 0.29) is 24.0 Å². The number of rotatable bonds is 6. The lowest BCUT2D eigenvalue weighted by Gasteiger charge is -2.34. The SMILES string of the molecule is CCNC(=NCc1ccc(C(N)=O)cc1)N1CCC(Cc2ccccc2)CC1.I. The molecule has 0 aromatic heterocycles. The van der Waals surface area contributed by atoms with Gasteiger partial charge in [-0.3, -0.25) is 4.79 Å². The first kappa shape index (κ1) is 23.2. The van der Waals surface area contributed by atoms with Crippen molar-refractivity contribution in [2.24, 2.45) is 16.6 Å². The fourth-order valence-electron chi connectivity index (χ4n) is 3.66. The van der Waals surface area contributed by atoms with Crippen molar-refractivity contribution < 1.29 is 4.79 Å². The van der Waals surface area contributed by atoms with Gasteiger partial charge in [0.05, 0.1) is 6.54 Å². The molecule has 5 nitrogen and oxygen atoms in total. The molecule has 0 bridgehead atoms. The molecule has 2 aromatic carbocycles. The number of primary amides is 1. The van der Waals surface area contributed by atoms with E-state index in [4.69, 9.17) is 10.7 Å². The van der Waals surface area contributed by atoms with Gasteiger partial charge in [-0.05, 0) is 55.4 Å². The zero-order chi connectivity index (χ0) is 19.8. The number of nitrogens with two attached hydrogens (primary N) is 1. The van der Waals surface area contributed by atoms with Crippen molar-refractivity contribution in [1.29, 1.82) is 0 Å². The molecule has 1 aliphatic rings. The highest BCUT2D eigenvalue weighted by molar-refractivity contribution is 14.0. The zero-order valence-corrected chi connectivity index (χ0v) is 19.3. The molecule has 29 heavy (non-hydrogen) atoms. The van der Waals surface area contributed by atoms with Crippen LogP contribution in [0.25, 0.3) is 0 Å². The molecule has 1 fully saturated rings. The van der Waals surface area contributed by atoms with Crippen LogP contribution < -0.4 is 11.1 Å². The second kappa shape index (κ2) is 11.8. The van der Waals surface area contributed by atoms with Gasteiger partial charge in [-0.2, -0.15) is 0 Å². The van der Waals surface area contributed by atoms with E-state index in [2.05, 4.69) is 47.5 Å². The van der Waals surface area contributed by atoms with E-state index in [0.717, 1.165) is 43.5 Å². The van der Waals surface area contributed by atoms with Gasteiger partial charge in [0.15, 0.2) is 5.96 Å². The summed E-state index contributed by atoms with van der Waals surface area (Å²) in [6, 6.07) is 18.1. The second-order valence-corrected chi connectivity index (χ2v) is 7.35. The molecule has 0 spiro atoms. The Morgan fingerprint density at radius 2 is 1.72 bits per heavy atom. The van der Waals surface area contributed by atoms with Gasteiger partial charge in [-0.1, -0.05) is 42.5 Å². The van der Waals surface area contributed by atoms with Gasteiger partial charge in [0.2, 0.25) is 5.91 Å². The number of guanidine groups is 1. The Kier molecular flexibility index (Phi) is 9.44. The summed E-state index contributed by atoms with van der Waals surface area (Å²) in [5.74, 6) is 1.31. The van der Waals surface area contributed by atoms with Gasteiger partial charge in [0.1, 0.15) is 0 Å². The number of halogens is 1. The molecule has 1 saturated heterocycles. The number of hydrogen-bond donors (Lipinski definition) is 2. The standard InChI is InChI=1S/C23H30N4O.HI/c1-2-25-23(26-17-20-8-10-21(11-9-20)22(24)28)27-14-12-19(13-15-27)16-18-6-4-3-5-7-18;/h3-11,19H,2,12-17H2,1H3,(H2,24,28)(H,25,26);1H. The maximum Gasteiger partial charge on any atom is 0.248 e. The van der Waals surface area contributed by atoms with E-state index >= 15 is 0 Å². The van der Waals surface area contributed by atoms with Crippen molar-refractivity contribution in [1.82, 2.24) is 10.2 Å². The Bertz CT molecular complexity index is 784. The number of nitrogens with zero attached hydrogens (tertiary/aromatic N) is 2. The summed E-state index contributed by atoms with van der Waals surface area (Å²) in [5, 5.41) is 3.42. The lowest BCUT2D eigenvalue weighted by atomic mass is 9.90. The molecule has 0 unspecified atom stereocenters. The Morgan fingerprint density at radius 1 is 1.07 bits per heavy atom. The highest BCUT2D eigenvalue weighted by Crippen LogP contribution is 2.21. The van der Waals surface area contributed by atoms with Gasteiger partial charge in [0.25, 0.3) is 0 Å². The number of carbonyl (C=O) groups excluding carboxylic acids is 1. The van der Waals surface area contributed by atoms with Crippen LogP contribution in [-0.4, -0.2) is 36.4 Å². The first-order chi connectivity index (χ1) is 13.7. The molecule has 0 atom stereocenters. The van der Waals surface area contributed by atoms with Crippen LogP contribution in [0.5, 0.6) is 0 Å². The molecule has 3 N–H and O–H groups in total. The lowest BCUT2D eigenvalue weighted by molar-refractivity contribution is 0.100. The molecule has 3 rings (SSSR count). The molecule has 0 aliphatic carbocycles. The van der Waals surface area contributed by atoms with Crippen molar-refractivity contribution in [3.8, 4) is 0 Å². The van der Waals surface area contributed by atoms with E-state index in [1.54, 1.807) is 12.1 Å². The lowest BCUT2D eigenvalue weighted by Crippen LogP contribution is -2.45. The van der Waals surface area contributed by atoms with Gasteiger partial charge in [0, 0.05) is 25.2 Å². The van der Waals surface area contributed by atoms with Gasteiger partial charge < -0.3 is 16.0 Å². The summed E-state index contributed by atoms with van der Waals surface area (Å²) >= 11 is 0. The quantitative estimate of drug-likeness (QED) is 0.356. The predicted octanol–water partition coefficient (Wildman–Crippen LogP) is 3.82. The maximum absolute atomic E-state index is 11.2. The molecule has 1 heterocycles. The van der Waals surface area contributed by atoms with Crippen LogP contribution in [0.1, 0.15) is 41.3 Å². The third-order valence-corrected chi connectivity index (χ3v) is 5.27. The maximum atomic E-state index is 11.2. The van der Waals surface area contributed by atoms with Crippen molar-refractivity contribution in [3.05, 3.63) is 71.3 Å². The molecular formula is C23H31IN4O. The topological polar surface area (TPSA) is 70.7 Å². The van der Waals surface area contributed by atoms with Gasteiger partial charge >= 0.3 is 0 Å². The number of amides is 1. The van der Waals surface area contributed by atoms with E-state index in [1.165, 1.54) is 18.4 Å². The van der Waals surface area contributed by atoms with Crippen LogP contribution >= 0.6 is 24.0 Å². The average Bonchev–Trinajstić information content (AvgIpc) is 2.73. The minimum absolute atomic E-state index is 0. The average molecular weight is 506 g/mol. The molecule has 1 amide bonds. The van der Waals surface area contributed by atoms with E-state index in [1.807, 2.05) is 12.1 Å². The van der Waals surface area contributed by atoms with Gasteiger partial charge in [-0.25, -0.2) is 4.99 Å². The van der Waals surface area contributed by atoms with Crippen molar-refractivity contribution >= 4 is 35.8 Å². The minimum Gasteiger partial charge on any atom is -0.366 e. The summed E-state index contributed by atoms with van der Waals surface area (Å²) in [6.07, 6.45) is 3.54. The predicted molar refractivity (Wildman–Crippen MR) is 130 cm³/mol. The summed E-state index contributed by atoms with van der Waals surface area (Å²) in [4.78, 5) is 18.4. The highest BCUT2D eigenvalue weighted by Gasteiger charge is 2.21. The minimum atomic E-state index is -0.401. The molecule has 1 aliphatic heterocycles. The number of aliphatic imine (C=N–C) groups is 1. The van der Waals surface area contributed by atoms with Crippen molar-refractivity contribution in [2.45, 2.75) is 32.7 Å². The summed E-state index contributed by atoms with van der Waals surface area (Å²) in [5.41, 5.74) is 8.33. The smallest absolute Gasteiger partial charge is 0.248 e. The Balaban J connectivity index is 0.00000300. The first-order valence-corrected chi connectivity index (χ1v) is 10.1. The third-order valence-electron chi connectivity index (χ3n) is 5.27. The largest absolute Gasteiger partial charge is 0.366 e. The fraction of sp³-hybridized carbons (Fsp3) is 0.391. The van der Waals surface area contributed by atoms with Crippen LogP contribution in [0, 0.1) is 5.92 Å². The number of hydrogen-bond acceptors (Lipinski definition) is 2. The van der Waals surface area contributed by atoms with E-state index in [0.29, 0.717) is 12.1 Å². The number of piperidine rings is 1. The first-order valence-electron chi connectivity index (χ1n) is 10.1. The fourth-order valence-corrected chi connectivity index (χ4v) is 3.66. The molecule has 0 saturated carbocycles. The Labute approximate surface area is 190 Å². The Morgan fingerprint density at radius 3 is 2.31 bits per heavy atom. The van der Waals surface area contributed by atoms with E-state index < -0.39 is 5.91 Å². The number of nitrogens with one attached hydrogen (secondary N) is 1. The number of carbonyl (C=O) groups is 1. The van der Waals surface area contributed by atoms with Crippen molar-refractivity contribution in [3.63, 3.8) is 0 Å². The zero-order valence-electron chi connectivity index (χ0n) is 17.0. The van der Waals surface area contributed by atoms with Crippen molar-refractivity contribution in [2.75, 3.05) is 19.6 Å². The molecular weight excluding hydrogens is 475 g/mol. The third kappa shape index (κ3) is 7.03. The summed E-state index contributed by atoms with van der Waals surface area (Å²) in [6.45, 7) is 5.60. The monoisotopic (exact) mass is 506 g/mol. The number of benzene rings is 2. The molecule has 156 valence electrons. The molecule has 0 radical (unpaired) electrons. The summed E-state index contributed by atoms with van der Waals surface area (Å²) in [7, 11) is 0. The van der Waals surface area contributed by atoms with Crippen LogP contribution in [0.3, 0.4) is 0 Å². The van der Waals surface area contributed by atoms with Gasteiger partial charge in [-0.15, -0.1) is 24.0 Å². The van der Waals surface area contributed by atoms with Crippen LogP contribution in [-0.2, 0) is 13.0 Å². The highest BCUT2D eigenvalue weighted by atomic mass is 127. The number of likely N-dealkylation sites (tertiary alicyclic amines) is 1. The van der Waals surface area contributed by atoms with Crippen LogP contribution in [0.4, 0.5) is 0 Å². The van der Waals surface area contributed by atoms with Crippen LogP contribution in [0.2, 0.25) is 0 Å². The summed E-state index contributed by atoms with van der Waals surface area (Å²) < 4.78 is 0. The van der Waals surface area contributed by atoms with Crippen LogP contribution in [0.15, 0.2) is 59.6 Å². The molecule has 2 aromatic rings. The molecule has 6 heteroatoms.